The Hall–Kier alpha value is -2.01. The molecule has 1 aliphatic rings. The Morgan fingerprint density at radius 2 is 1.81 bits per heavy atom. The molecule has 106 valence electrons. The summed E-state index contributed by atoms with van der Waals surface area (Å²) in [6.07, 6.45) is 0. The summed E-state index contributed by atoms with van der Waals surface area (Å²) in [6, 6.07) is 7.88. The number of aryl methyl sites for hydroxylation is 2. The van der Waals surface area contributed by atoms with E-state index in [4.69, 9.17) is 13.9 Å². The van der Waals surface area contributed by atoms with Gasteiger partial charge in [-0.1, -0.05) is 6.07 Å². The summed E-state index contributed by atoms with van der Waals surface area (Å²) >= 11 is 3.54. The molecule has 0 saturated heterocycles. The van der Waals surface area contributed by atoms with Crippen molar-refractivity contribution in [2.75, 3.05) is 6.79 Å². The number of ether oxygens (including phenoxy) is 2. The van der Waals surface area contributed by atoms with Crippen LogP contribution in [0.4, 0.5) is 0 Å². The number of benzene rings is 2. The molecule has 1 aliphatic heterocycles. The third-order valence-electron chi connectivity index (χ3n) is 3.51. The number of fused-ring (bicyclic) bond motifs is 2. The van der Waals surface area contributed by atoms with Gasteiger partial charge in [0.05, 0.1) is 5.56 Å². The Morgan fingerprint density at radius 3 is 2.62 bits per heavy atom. The van der Waals surface area contributed by atoms with Gasteiger partial charge in [-0.25, -0.2) is 4.98 Å². The molecule has 0 N–H and O–H groups in total. The Labute approximate surface area is 129 Å². The molecular weight excluding hydrogens is 334 g/mol. The molecule has 0 amide bonds. The predicted octanol–water partition coefficient (Wildman–Crippen LogP) is 4.60. The highest BCUT2D eigenvalue weighted by Crippen LogP contribution is 2.41. The lowest BCUT2D eigenvalue weighted by Gasteiger charge is -2.02. The molecule has 0 atom stereocenters. The van der Waals surface area contributed by atoms with Crippen LogP contribution in [-0.2, 0) is 0 Å². The summed E-state index contributed by atoms with van der Waals surface area (Å²) in [5, 5.41) is 0. The summed E-state index contributed by atoms with van der Waals surface area (Å²) < 4.78 is 17.6. The number of halogens is 1. The van der Waals surface area contributed by atoms with Crippen LogP contribution in [0.5, 0.6) is 11.5 Å². The summed E-state index contributed by atoms with van der Waals surface area (Å²) in [5.41, 5.74) is 4.80. The first-order chi connectivity index (χ1) is 10.1. The van der Waals surface area contributed by atoms with Crippen molar-refractivity contribution in [3.05, 3.63) is 39.9 Å². The highest BCUT2D eigenvalue weighted by atomic mass is 79.9. The lowest BCUT2D eigenvalue weighted by molar-refractivity contribution is 0.174. The second-order valence-electron chi connectivity index (χ2n) is 5.13. The molecule has 0 spiro atoms. The molecule has 0 aliphatic carbocycles. The van der Waals surface area contributed by atoms with Crippen molar-refractivity contribution in [3.8, 4) is 23.0 Å². The van der Waals surface area contributed by atoms with Crippen LogP contribution >= 0.6 is 15.9 Å². The van der Waals surface area contributed by atoms with E-state index in [9.17, 15) is 0 Å². The monoisotopic (exact) mass is 345 g/mol. The second kappa shape index (κ2) is 4.49. The first-order valence-corrected chi connectivity index (χ1v) is 7.38. The molecule has 2 heterocycles. The van der Waals surface area contributed by atoms with Crippen molar-refractivity contribution in [1.82, 2.24) is 4.98 Å². The molecule has 0 saturated carbocycles. The van der Waals surface area contributed by atoms with Gasteiger partial charge in [-0.3, -0.25) is 0 Å². The van der Waals surface area contributed by atoms with Crippen LogP contribution in [0.2, 0.25) is 0 Å². The Balaban J connectivity index is 1.93. The van der Waals surface area contributed by atoms with Crippen LogP contribution < -0.4 is 9.47 Å². The van der Waals surface area contributed by atoms with Crippen LogP contribution in [0.3, 0.4) is 0 Å². The fraction of sp³-hybridized carbons (Fsp3) is 0.188. The average Bonchev–Trinajstić information content (AvgIpc) is 3.03. The number of rotatable bonds is 1. The van der Waals surface area contributed by atoms with Crippen molar-refractivity contribution in [2.24, 2.45) is 0 Å². The number of oxazole rings is 1. The van der Waals surface area contributed by atoms with Crippen LogP contribution in [0.15, 0.2) is 33.2 Å². The zero-order valence-electron chi connectivity index (χ0n) is 11.6. The van der Waals surface area contributed by atoms with E-state index in [0.29, 0.717) is 11.6 Å². The molecule has 0 radical (unpaired) electrons. The molecule has 5 heteroatoms. The summed E-state index contributed by atoms with van der Waals surface area (Å²) in [7, 11) is 0. The maximum atomic E-state index is 5.94. The minimum atomic E-state index is 0.247. The number of hydrogen-bond donors (Lipinski definition) is 0. The Morgan fingerprint density at radius 1 is 1.05 bits per heavy atom. The molecule has 4 rings (SSSR count). The number of aromatic nitrogens is 1. The first kappa shape index (κ1) is 12.7. The van der Waals surface area contributed by atoms with Crippen LogP contribution in [0, 0.1) is 13.8 Å². The predicted molar refractivity (Wildman–Crippen MR) is 82.7 cm³/mol. The molecule has 4 nitrogen and oxygen atoms in total. The zero-order valence-corrected chi connectivity index (χ0v) is 13.2. The smallest absolute Gasteiger partial charge is 0.231 e. The topological polar surface area (TPSA) is 44.5 Å². The second-order valence-corrected chi connectivity index (χ2v) is 5.99. The lowest BCUT2D eigenvalue weighted by atomic mass is 10.1. The van der Waals surface area contributed by atoms with Crippen molar-refractivity contribution in [3.63, 3.8) is 0 Å². The van der Waals surface area contributed by atoms with Crippen molar-refractivity contribution < 1.29 is 13.9 Å². The maximum absolute atomic E-state index is 5.94. The van der Waals surface area contributed by atoms with Gasteiger partial charge in [0, 0.05) is 4.47 Å². The standard InChI is InChI=1S/C16H12BrNO3/c1-8-3-9(2)15-12(4-8)18-16(21-15)10-5-13-14(6-11(10)17)20-7-19-13/h3-6H,7H2,1-2H3. The van der Waals surface area contributed by atoms with Crippen molar-refractivity contribution in [1.29, 1.82) is 0 Å². The molecule has 0 unspecified atom stereocenters. The van der Waals surface area contributed by atoms with E-state index in [1.807, 2.05) is 25.1 Å². The maximum Gasteiger partial charge on any atom is 0.231 e. The summed E-state index contributed by atoms with van der Waals surface area (Å²) in [5.74, 6) is 2.01. The van der Waals surface area contributed by atoms with Gasteiger partial charge >= 0.3 is 0 Å². The van der Waals surface area contributed by atoms with Gasteiger partial charge < -0.3 is 13.9 Å². The fourth-order valence-electron chi connectivity index (χ4n) is 2.57. The molecule has 2 aromatic carbocycles. The Bertz CT molecular complexity index is 870. The van der Waals surface area contributed by atoms with E-state index in [0.717, 1.165) is 32.4 Å². The molecular formula is C16H12BrNO3. The van der Waals surface area contributed by atoms with Gasteiger partial charge in [0.15, 0.2) is 17.1 Å². The van der Waals surface area contributed by atoms with Crippen LogP contribution in [-0.4, -0.2) is 11.8 Å². The van der Waals surface area contributed by atoms with Crippen molar-refractivity contribution in [2.45, 2.75) is 13.8 Å². The molecule has 0 fully saturated rings. The van der Waals surface area contributed by atoms with E-state index in [1.165, 1.54) is 5.56 Å². The van der Waals surface area contributed by atoms with Gasteiger partial charge in [0.2, 0.25) is 12.7 Å². The molecule has 3 aromatic rings. The molecule has 0 bridgehead atoms. The van der Waals surface area contributed by atoms with Crippen LogP contribution in [0.1, 0.15) is 11.1 Å². The average molecular weight is 346 g/mol. The van der Waals surface area contributed by atoms with Gasteiger partial charge in [-0.05, 0) is 59.1 Å². The van der Waals surface area contributed by atoms with Gasteiger partial charge in [-0.15, -0.1) is 0 Å². The SMILES string of the molecule is Cc1cc(C)c2oc(-c3cc4c(cc3Br)OCO4)nc2c1. The highest BCUT2D eigenvalue weighted by molar-refractivity contribution is 9.10. The normalized spacial score (nSPS) is 13.1. The largest absolute Gasteiger partial charge is 0.454 e. The van der Waals surface area contributed by atoms with E-state index in [2.05, 4.69) is 33.9 Å². The number of nitrogens with zero attached hydrogens (tertiary/aromatic N) is 1. The lowest BCUT2D eigenvalue weighted by Crippen LogP contribution is -1.92. The minimum Gasteiger partial charge on any atom is -0.454 e. The first-order valence-electron chi connectivity index (χ1n) is 6.59. The van der Waals surface area contributed by atoms with E-state index >= 15 is 0 Å². The highest BCUT2D eigenvalue weighted by Gasteiger charge is 2.20. The fourth-order valence-corrected chi connectivity index (χ4v) is 3.06. The Kier molecular flexibility index (Phi) is 2.72. The van der Waals surface area contributed by atoms with Crippen molar-refractivity contribution >= 4 is 27.0 Å². The summed E-state index contributed by atoms with van der Waals surface area (Å²) in [6.45, 7) is 4.33. The zero-order chi connectivity index (χ0) is 14.6. The quantitative estimate of drug-likeness (QED) is 0.646. The van der Waals surface area contributed by atoms with Crippen LogP contribution in [0.25, 0.3) is 22.6 Å². The van der Waals surface area contributed by atoms with Gasteiger partial charge in [0.1, 0.15) is 5.52 Å². The van der Waals surface area contributed by atoms with E-state index in [1.54, 1.807) is 0 Å². The third kappa shape index (κ3) is 2.00. The molecule has 1 aromatic heterocycles. The number of hydrogen-bond acceptors (Lipinski definition) is 4. The third-order valence-corrected chi connectivity index (χ3v) is 4.17. The van der Waals surface area contributed by atoms with E-state index < -0.39 is 0 Å². The minimum absolute atomic E-state index is 0.247. The van der Waals surface area contributed by atoms with E-state index in [-0.39, 0.29) is 6.79 Å². The molecule has 21 heavy (non-hydrogen) atoms. The van der Waals surface area contributed by atoms with Gasteiger partial charge in [0.25, 0.3) is 0 Å². The van der Waals surface area contributed by atoms with Gasteiger partial charge in [-0.2, -0.15) is 0 Å². The summed E-state index contributed by atoms with van der Waals surface area (Å²) in [4.78, 5) is 4.60.